The third kappa shape index (κ3) is 2.87. The number of likely N-dealkylation sites (tertiary alicyclic amines) is 1. The van der Waals surface area contributed by atoms with Gasteiger partial charge in [-0.15, -0.1) is 11.3 Å². The summed E-state index contributed by atoms with van der Waals surface area (Å²) in [4.78, 5) is 20.0. The Hall–Kier alpha value is -2.40. The van der Waals surface area contributed by atoms with E-state index in [1.807, 2.05) is 47.1 Å². The smallest absolute Gasteiger partial charge is 0.264 e. The van der Waals surface area contributed by atoms with Gasteiger partial charge in [0, 0.05) is 31.0 Å². The van der Waals surface area contributed by atoms with E-state index in [2.05, 4.69) is 21.7 Å². The second-order valence-corrected chi connectivity index (χ2v) is 7.00. The number of aromatic nitrogens is 2. The van der Waals surface area contributed by atoms with E-state index < -0.39 is 0 Å². The van der Waals surface area contributed by atoms with E-state index in [4.69, 9.17) is 0 Å². The summed E-state index contributed by atoms with van der Waals surface area (Å²) in [6.45, 7) is 1.58. The zero-order valence-electron chi connectivity index (χ0n) is 13.3. The number of carbonyl (C=O) groups excluding carboxylic acids is 1. The van der Waals surface area contributed by atoms with Gasteiger partial charge >= 0.3 is 0 Å². The fraction of sp³-hybridized carbons (Fsp3) is 0.263. The molecular weight excluding hydrogens is 318 g/mol. The number of hydrogen-bond acceptors (Lipinski definition) is 3. The molecule has 5 heteroatoms. The van der Waals surface area contributed by atoms with Crippen molar-refractivity contribution in [2.24, 2.45) is 0 Å². The van der Waals surface area contributed by atoms with Gasteiger partial charge in [0.2, 0.25) is 0 Å². The first-order valence-corrected chi connectivity index (χ1v) is 9.10. The van der Waals surface area contributed by atoms with Gasteiger partial charge in [-0.05, 0) is 29.9 Å². The Morgan fingerprint density at radius 2 is 2.08 bits per heavy atom. The summed E-state index contributed by atoms with van der Waals surface area (Å²) in [6, 6.07) is 12.5. The van der Waals surface area contributed by atoms with Crippen molar-refractivity contribution in [3.63, 3.8) is 0 Å². The number of nitrogens with zero attached hydrogens (tertiary/aromatic N) is 3. The van der Waals surface area contributed by atoms with Crippen LogP contribution in [0.5, 0.6) is 0 Å². The maximum atomic E-state index is 13.1. The van der Waals surface area contributed by atoms with Crippen molar-refractivity contribution in [1.82, 2.24) is 14.5 Å². The fourth-order valence-electron chi connectivity index (χ4n) is 3.33. The molecule has 1 saturated heterocycles. The highest BCUT2D eigenvalue weighted by Gasteiger charge is 2.27. The molecule has 3 heterocycles. The molecule has 0 spiro atoms. The maximum Gasteiger partial charge on any atom is 0.264 e. The number of thiophene rings is 1. The molecule has 1 aliphatic heterocycles. The molecule has 0 radical (unpaired) electrons. The molecule has 4 nitrogen and oxygen atoms in total. The first-order chi connectivity index (χ1) is 11.8. The van der Waals surface area contributed by atoms with Gasteiger partial charge < -0.3 is 9.47 Å². The average Bonchev–Trinajstić information content (AvgIpc) is 3.34. The van der Waals surface area contributed by atoms with Gasteiger partial charge in [-0.2, -0.15) is 0 Å². The van der Waals surface area contributed by atoms with Gasteiger partial charge in [0.15, 0.2) is 0 Å². The quantitative estimate of drug-likeness (QED) is 0.722. The number of imidazole rings is 1. The van der Waals surface area contributed by atoms with Crippen molar-refractivity contribution in [1.29, 1.82) is 0 Å². The average molecular weight is 337 g/mol. The summed E-state index contributed by atoms with van der Waals surface area (Å²) in [5.74, 6) is 0.147. The van der Waals surface area contributed by atoms with E-state index in [1.54, 1.807) is 6.20 Å². The fourth-order valence-corrected chi connectivity index (χ4v) is 4.21. The summed E-state index contributed by atoms with van der Waals surface area (Å²) in [7, 11) is 0. The molecule has 1 amide bonds. The van der Waals surface area contributed by atoms with Crippen LogP contribution in [-0.4, -0.2) is 33.4 Å². The van der Waals surface area contributed by atoms with E-state index >= 15 is 0 Å². The standard InChI is InChI=1S/C19H19N3OS/c23-19(18-17(8-12-24-18)15-5-2-1-3-6-15)21-10-4-7-16(13-21)22-11-9-20-14-22/h1-3,5-6,8-9,11-12,14,16H,4,7,10,13H2/t16-/m1/s1. The van der Waals surface area contributed by atoms with Crippen molar-refractivity contribution in [3.05, 3.63) is 65.4 Å². The van der Waals surface area contributed by atoms with Crippen molar-refractivity contribution in [2.75, 3.05) is 13.1 Å². The molecule has 4 rings (SSSR count). The Morgan fingerprint density at radius 3 is 2.88 bits per heavy atom. The van der Waals surface area contributed by atoms with Crippen molar-refractivity contribution in [2.45, 2.75) is 18.9 Å². The number of piperidine rings is 1. The molecule has 1 atom stereocenters. The van der Waals surface area contributed by atoms with E-state index in [-0.39, 0.29) is 5.91 Å². The summed E-state index contributed by atoms with van der Waals surface area (Å²) < 4.78 is 2.12. The topological polar surface area (TPSA) is 38.1 Å². The molecule has 24 heavy (non-hydrogen) atoms. The lowest BCUT2D eigenvalue weighted by atomic mass is 10.0. The van der Waals surface area contributed by atoms with Crippen LogP contribution in [0.1, 0.15) is 28.6 Å². The van der Waals surface area contributed by atoms with Crippen LogP contribution in [-0.2, 0) is 0 Å². The van der Waals surface area contributed by atoms with Crippen LogP contribution in [0.2, 0.25) is 0 Å². The molecule has 0 aliphatic carbocycles. The maximum absolute atomic E-state index is 13.1. The first kappa shape index (κ1) is 15.1. The lowest BCUT2D eigenvalue weighted by Gasteiger charge is -2.33. The van der Waals surface area contributed by atoms with E-state index in [1.165, 1.54) is 11.3 Å². The highest BCUT2D eigenvalue weighted by atomic mass is 32.1. The Labute approximate surface area is 145 Å². The highest BCUT2D eigenvalue weighted by Crippen LogP contribution is 2.31. The van der Waals surface area contributed by atoms with Crippen LogP contribution < -0.4 is 0 Å². The third-order valence-electron chi connectivity index (χ3n) is 4.57. The van der Waals surface area contributed by atoms with Crippen LogP contribution in [0.3, 0.4) is 0 Å². The van der Waals surface area contributed by atoms with E-state index in [0.717, 1.165) is 41.9 Å². The first-order valence-electron chi connectivity index (χ1n) is 8.22. The third-order valence-corrected chi connectivity index (χ3v) is 5.48. The normalized spacial score (nSPS) is 17.8. The number of benzene rings is 1. The van der Waals surface area contributed by atoms with Gasteiger partial charge in [-0.25, -0.2) is 4.98 Å². The van der Waals surface area contributed by atoms with Crippen LogP contribution in [0, 0.1) is 0 Å². The predicted octanol–water partition coefficient (Wildman–Crippen LogP) is 4.09. The zero-order chi connectivity index (χ0) is 16.4. The summed E-state index contributed by atoms with van der Waals surface area (Å²) in [6.07, 6.45) is 7.75. The van der Waals surface area contributed by atoms with Gasteiger partial charge in [0.1, 0.15) is 0 Å². The highest BCUT2D eigenvalue weighted by molar-refractivity contribution is 7.12. The second-order valence-electron chi connectivity index (χ2n) is 6.09. The second kappa shape index (κ2) is 6.61. The Morgan fingerprint density at radius 1 is 1.21 bits per heavy atom. The Kier molecular flexibility index (Phi) is 4.17. The molecular formula is C19H19N3OS. The molecule has 0 bridgehead atoms. The summed E-state index contributed by atoms with van der Waals surface area (Å²) in [5, 5.41) is 2.01. The van der Waals surface area contributed by atoms with Crippen LogP contribution in [0.15, 0.2) is 60.5 Å². The van der Waals surface area contributed by atoms with Gasteiger partial charge in [0.05, 0.1) is 17.2 Å². The van der Waals surface area contributed by atoms with E-state index in [9.17, 15) is 4.79 Å². The molecule has 1 aliphatic rings. The van der Waals surface area contributed by atoms with Crippen molar-refractivity contribution in [3.8, 4) is 11.1 Å². The van der Waals surface area contributed by atoms with E-state index in [0.29, 0.717) is 6.04 Å². The monoisotopic (exact) mass is 337 g/mol. The largest absolute Gasteiger partial charge is 0.336 e. The molecule has 122 valence electrons. The minimum absolute atomic E-state index is 0.147. The van der Waals surface area contributed by atoms with Crippen molar-refractivity contribution < 1.29 is 4.79 Å². The van der Waals surface area contributed by atoms with Crippen LogP contribution in [0.4, 0.5) is 0 Å². The molecule has 1 fully saturated rings. The van der Waals surface area contributed by atoms with Gasteiger partial charge in [-0.1, -0.05) is 30.3 Å². The SMILES string of the molecule is O=C(c1sccc1-c1ccccc1)N1CCC[C@@H](n2ccnc2)C1. The minimum atomic E-state index is 0.147. The lowest BCUT2D eigenvalue weighted by molar-refractivity contribution is 0.0685. The Bertz CT molecular complexity index is 810. The Balaban J connectivity index is 1.57. The predicted molar refractivity (Wildman–Crippen MR) is 96.2 cm³/mol. The number of rotatable bonds is 3. The summed E-state index contributed by atoms with van der Waals surface area (Å²) in [5.41, 5.74) is 2.14. The number of amides is 1. The van der Waals surface area contributed by atoms with Gasteiger partial charge in [0.25, 0.3) is 5.91 Å². The number of carbonyl (C=O) groups is 1. The van der Waals surface area contributed by atoms with Crippen molar-refractivity contribution >= 4 is 17.2 Å². The van der Waals surface area contributed by atoms with Crippen LogP contribution in [0.25, 0.3) is 11.1 Å². The molecule has 0 unspecified atom stereocenters. The molecule has 0 saturated carbocycles. The summed E-state index contributed by atoms with van der Waals surface area (Å²) >= 11 is 1.53. The molecule has 2 aromatic heterocycles. The molecule has 3 aromatic rings. The molecule has 0 N–H and O–H groups in total. The lowest BCUT2D eigenvalue weighted by Crippen LogP contribution is -2.40. The van der Waals surface area contributed by atoms with Crippen LogP contribution >= 0.6 is 11.3 Å². The number of hydrogen-bond donors (Lipinski definition) is 0. The van der Waals surface area contributed by atoms with Gasteiger partial charge in [-0.3, -0.25) is 4.79 Å². The minimum Gasteiger partial charge on any atom is -0.336 e. The molecule has 1 aromatic carbocycles. The zero-order valence-corrected chi connectivity index (χ0v) is 14.2.